The molecule has 9 heteroatoms. The number of hydrogen-bond acceptors (Lipinski definition) is 7. The lowest BCUT2D eigenvalue weighted by Gasteiger charge is -2.09. The van der Waals surface area contributed by atoms with Crippen molar-refractivity contribution in [2.24, 2.45) is 5.10 Å². The van der Waals surface area contributed by atoms with Crippen LogP contribution in [-0.2, 0) is 5.75 Å². The predicted octanol–water partition coefficient (Wildman–Crippen LogP) is 4.46. The molecule has 34 heavy (non-hydrogen) atoms. The van der Waals surface area contributed by atoms with Crippen LogP contribution in [0.1, 0.15) is 11.1 Å². The smallest absolute Gasteiger partial charge is 0.298 e. The SMILES string of the molecule is COc1ccc2[nH]c3c(=O)n(/N=C/c4ccc(OC)c(CSc5ccccn5)c4)cnc3c2c1. The van der Waals surface area contributed by atoms with Gasteiger partial charge in [-0.2, -0.15) is 9.78 Å². The lowest BCUT2D eigenvalue weighted by Crippen LogP contribution is -2.17. The van der Waals surface area contributed by atoms with Gasteiger partial charge in [-0.1, -0.05) is 6.07 Å². The average molecular weight is 472 g/mol. The van der Waals surface area contributed by atoms with Crippen molar-refractivity contribution in [3.05, 3.63) is 88.6 Å². The van der Waals surface area contributed by atoms with Gasteiger partial charge in [0.15, 0.2) is 0 Å². The lowest BCUT2D eigenvalue weighted by atomic mass is 10.1. The number of nitrogens with zero attached hydrogens (tertiary/aromatic N) is 4. The third kappa shape index (κ3) is 4.25. The molecule has 0 spiro atoms. The molecule has 3 heterocycles. The quantitative estimate of drug-likeness (QED) is 0.278. The van der Waals surface area contributed by atoms with E-state index in [1.807, 2.05) is 54.6 Å². The second-order valence-electron chi connectivity index (χ2n) is 7.43. The number of pyridine rings is 1. The van der Waals surface area contributed by atoms with Crippen LogP contribution < -0.4 is 15.0 Å². The molecule has 0 atom stereocenters. The molecule has 0 bridgehead atoms. The van der Waals surface area contributed by atoms with Crippen LogP contribution in [0.4, 0.5) is 0 Å². The number of methoxy groups -OCH3 is 2. The highest BCUT2D eigenvalue weighted by atomic mass is 32.2. The second kappa shape index (κ2) is 9.40. The molecule has 2 aromatic carbocycles. The van der Waals surface area contributed by atoms with Crippen molar-refractivity contribution in [2.75, 3.05) is 14.2 Å². The first kappa shape index (κ1) is 21.7. The fourth-order valence-corrected chi connectivity index (χ4v) is 4.48. The Balaban J connectivity index is 1.44. The van der Waals surface area contributed by atoms with Gasteiger partial charge in [0.25, 0.3) is 5.56 Å². The molecule has 0 amide bonds. The summed E-state index contributed by atoms with van der Waals surface area (Å²) in [4.78, 5) is 25.0. The summed E-state index contributed by atoms with van der Waals surface area (Å²) in [6, 6.07) is 17.2. The van der Waals surface area contributed by atoms with E-state index in [0.717, 1.165) is 32.8 Å². The van der Waals surface area contributed by atoms with Gasteiger partial charge in [-0.15, -0.1) is 11.8 Å². The molecule has 3 aromatic heterocycles. The Kier molecular flexibility index (Phi) is 6.01. The standard InChI is InChI=1S/C25H21N5O3S/c1-32-18-7-8-20-19(12-18)23-24(29-20)25(31)30(15-27-23)28-13-16-6-9-21(33-2)17(11-16)14-34-22-5-3-4-10-26-22/h3-13,15,29H,14H2,1-2H3/b28-13+. The number of aromatic amines is 1. The van der Waals surface area contributed by atoms with Crippen LogP contribution in [-0.4, -0.2) is 40.1 Å². The van der Waals surface area contributed by atoms with Gasteiger partial charge in [-0.25, -0.2) is 9.97 Å². The molecule has 5 rings (SSSR count). The normalized spacial score (nSPS) is 11.5. The van der Waals surface area contributed by atoms with Gasteiger partial charge < -0.3 is 14.5 Å². The van der Waals surface area contributed by atoms with Gasteiger partial charge in [0.1, 0.15) is 28.9 Å². The molecule has 1 N–H and O–H groups in total. The van der Waals surface area contributed by atoms with E-state index < -0.39 is 0 Å². The first-order chi connectivity index (χ1) is 16.7. The van der Waals surface area contributed by atoms with Crippen LogP contribution in [0.25, 0.3) is 21.9 Å². The number of nitrogens with one attached hydrogen (secondary N) is 1. The second-order valence-corrected chi connectivity index (χ2v) is 8.42. The average Bonchev–Trinajstić information content (AvgIpc) is 3.26. The molecule has 8 nitrogen and oxygen atoms in total. The van der Waals surface area contributed by atoms with Crippen LogP contribution in [0, 0.1) is 0 Å². The molecule has 0 fully saturated rings. The maximum atomic E-state index is 13.0. The minimum atomic E-state index is -0.282. The fourth-order valence-electron chi connectivity index (χ4n) is 3.64. The van der Waals surface area contributed by atoms with Crippen LogP contribution in [0.5, 0.6) is 11.5 Å². The summed E-state index contributed by atoms with van der Waals surface area (Å²) in [5.74, 6) is 2.18. The van der Waals surface area contributed by atoms with Crippen molar-refractivity contribution in [3.63, 3.8) is 0 Å². The Labute approximate surface area is 199 Å². The van der Waals surface area contributed by atoms with E-state index in [1.165, 1.54) is 11.0 Å². The Hall–Kier alpha value is -4.11. The summed E-state index contributed by atoms with van der Waals surface area (Å²) < 4.78 is 12.0. The largest absolute Gasteiger partial charge is 0.497 e. The zero-order valence-electron chi connectivity index (χ0n) is 18.6. The zero-order valence-corrected chi connectivity index (χ0v) is 19.4. The minimum absolute atomic E-state index is 0.282. The fraction of sp³-hybridized carbons (Fsp3) is 0.120. The molecule has 0 aliphatic heterocycles. The van der Waals surface area contributed by atoms with E-state index in [0.29, 0.717) is 22.5 Å². The van der Waals surface area contributed by atoms with Crippen molar-refractivity contribution >= 4 is 39.9 Å². The summed E-state index contributed by atoms with van der Waals surface area (Å²) in [6.07, 6.45) is 4.83. The zero-order chi connectivity index (χ0) is 23.5. The topological polar surface area (TPSA) is 94.4 Å². The summed E-state index contributed by atoms with van der Waals surface area (Å²) in [5, 5.41) is 6.12. The molecule has 0 radical (unpaired) electrons. The highest BCUT2D eigenvalue weighted by Crippen LogP contribution is 2.28. The Bertz CT molecular complexity index is 1560. The van der Waals surface area contributed by atoms with Crippen LogP contribution >= 0.6 is 11.8 Å². The van der Waals surface area contributed by atoms with Gasteiger partial charge in [0.2, 0.25) is 0 Å². The summed E-state index contributed by atoms with van der Waals surface area (Å²) >= 11 is 1.62. The first-order valence-corrected chi connectivity index (χ1v) is 11.5. The van der Waals surface area contributed by atoms with Crippen molar-refractivity contribution in [1.29, 1.82) is 0 Å². The summed E-state index contributed by atoms with van der Waals surface area (Å²) in [5.41, 5.74) is 3.36. The molecule has 5 aromatic rings. The molecule has 0 unspecified atom stereocenters. The third-order valence-corrected chi connectivity index (χ3v) is 6.34. The minimum Gasteiger partial charge on any atom is -0.497 e. The number of H-pyrrole nitrogens is 1. The van der Waals surface area contributed by atoms with Gasteiger partial charge in [-0.3, -0.25) is 4.79 Å². The van der Waals surface area contributed by atoms with Crippen LogP contribution in [0.3, 0.4) is 0 Å². The number of benzene rings is 2. The number of rotatable bonds is 7. The van der Waals surface area contributed by atoms with E-state index in [9.17, 15) is 4.79 Å². The van der Waals surface area contributed by atoms with Gasteiger partial charge in [-0.05, 0) is 54.1 Å². The predicted molar refractivity (Wildman–Crippen MR) is 134 cm³/mol. The van der Waals surface area contributed by atoms with E-state index >= 15 is 0 Å². The monoisotopic (exact) mass is 471 g/mol. The molecule has 0 aliphatic rings. The Morgan fingerprint density at radius 1 is 1.09 bits per heavy atom. The van der Waals surface area contributed by atoms with E-state index in [-0.39, 0.29) is 5.56 Å². The highest BCUT2D eigenvalue weighted by molar-refractivity contribution is 7.98. The highest BCUT2D eigenvalue weighted by Gasteiger charge is 2.12. The molecular weight excluding hydrogens is 450 g/mol. The van der Waals surface area contributed by atoms with Crippen molar-refractivity contribution in [2.45, 2.75) is 10.8 Å². The molecular formula is C25H21N5O3S. The van der Waals surface area contributed by atoms with Crippen molar-refractivity contribution in [1.82, 2.24) is 19.6 Å². The van der Waals surface area contributed by atoms with E-state index in [2.05, 4.69) is 20.1 Å². The number of fused-ring (bicyclic) bond motifs is 3. The maximum Gasteiger partial charge on any atom is 0.298 e. The lowest BCUT2D eigenvalue weighted by molar-refractivity contribution is 0.411. The number of thioether (sulfide) groups is 1. The molecule has 0 aliphatic carbocycles. The summed E-state index contributed by atoms with van der Waals surface area (Å²) in [7, 11) is 3.25. The third-order valence-electron chi connectivity index (χ3n) is 5.35. The van der Waals surface area contributed by atoms with Crippen molar-refractivity contribution < 1.29 is 9.47 Å². The number of ether oxygens (including phenoxy) is 2. The number of hydrogen-bond donors (Lipinski definition) is 1. The molecule has 0 saturated heterocycles. The van der Waals surface area contributed by atoms with Crippen molar-refractivity contribution in [3.8, 4) is 11.5 Å². The van der Waals surface area contributed by atoms with E-state index in [4.69, 9.17) is 9.47 Å². The summed E-state index contributed by atoms with van der Waals surface area (Å²) in [6.45, 7) is 0. The van der Waals surface area contributed by atoms with E-state index in [1.54, 1.807) is 38.4 Å². The first-order valence-electron chi connectivity index (χ1n) is 10.5. The Morgan fingerprint density at radius 2 is 2.00 bits per heavy atom. The van der Waals surface area contributed by atoms with Gasteiger partial charge >= 0.3 is 0 Å². The molecule has 170 valence electrons. The van der Waals surface area contributed by atoms with Crippen LogP contribution in [0.15, 0.2) is 82.0 Å². The van der Waals surface area contributed by atoms with Gasteiger partial charge in [0.05, 0.1) is 25.5 Å². The number of aromatic nitrogens is 4. The van der Waals surface area contributed by atoms with Crippen LogP contribution in [0.2, 0.25) is 0 Å². The maximum absolute atomic E-state index is 13.0. The molecule has 0 saturated carbocycles. The van der Waals surface area contributed by atoms with Gasteiger partial charge in [0, 0.05) is 28.4 Å². The Morgan fingerprint density at radius 3 is 2.79 bits per heavy atom.